The molecule has 1 aromatic heterocycles. The second kappa shape index (κ2) is 8.01. The molecule has 1 fully saturated rings. The van der Waals surface area contributed by atoms with Gasteiger partial charge in [0.15, 0.2) is 11.5 Å². The monoisotopic (exact) mass is 443 g/mol. The van der Waals surface area contributed by atoms with Crippen LogP contribution in [0.25, 0.3) is 0 Å². The zero-order chi connectivity index (χ0) is 21.5. The minimum atomic E-state index is -1.16. The molecular formula is C22H26ClN5OS. The van der Waals surface area contributed by atoms with Crippen LogP contribution in [-0.2, 0) is 17.8 Å². The van der Waals surface area contributed by atoms with Gasteiger partial charge in [0.05, 0.1) is 12.2 Å². The van der Waals surface area contributed by atoms with Gasteiger partial charge in [-0.05, 0) is 51.2 Å². The molecule has 0 amide bonds. The Morgan fingerprint density at radius 2 is 2.00 bits per heavy atom. The van der Waals surface area contributed by atoms with Crippen LogP contribution in [-0.4, -0.2) is 32.4 Å². The van der Waals surface area contributed by atoms with Crippen LogP contribution in [0.3, 0.4) is 0 Å². The van der Waals surface area contributed by atoms with E-state index in [0.717, 1.165) is 32.4 Å². The summed E-state index contributed by atoms with van der Waals surface area (Å²) in [7, 11) is 0. The van der Waals surface area contributed by atoms with Gasteiger partial charge in [-0.25, -0.2) is 9.97 Å². The van der Waals surface area contributed by atoms with Crippen molar-refractivity contribution in [2.24, 2.45) is 5.41 Å². The van der Waals surface area contributed by atoms with Crippen LogP contribution in [0.1, 0.15) is 56.5 Å². The number of hydrogen-bond donors (Lipinski definition) is 1. The summed E-state index contributed by atoms with van der Waals surface area (Å²) in [6, 6.07) is 10.6. The maximum absolute atomic E-state index is 13.0. The third kappa shape index (κ3) is 3.90. The van der Waals surface area contributed by atoms with Crippen molar-refractivity contribution in [2.45, 2.75) is 50.8 Å². The molecule has 6 nitrogen and oxygen atoms in total. The summed E-state index contributed by atoms with van der Waals surface area (Å²) in [6.07, 6.45) is 4.28. The number of aromatic nitrogens is 2. The lowest BCUT2D eigenvalue weighted by Crippen LogP contribution is -2.50. The molecule has 1 saturated heterocycles. The lowest BCUT2D eigenvalue weighted by molar-refractivity contribution is 0.176. The zero-order valence-corrected chi connectivity index (χ0v) is 19.1. The van der Waals surface area contributed by atoms with Gasteiger partial charge in [0.1, 0.15) is 16.0 Å². The van der Waals surface area contributed by atoms with Gasteiger partial charge in [-0.15, -0.1) is 4.72 Å². The fourth-order valence-corrected chi connectivity index (χ4v) is 5.64. The second-order valence-electron chi connectivity index (χ2n) is 9.13. The van der Waals surface area contributed by atoms with Crippen molar-refractivity contribution in [1.29, 1.82) is 5.26 Å². The molecule has 2 heterocycles. The Kier molecular flexibility index (Phi) is 5.71. The SMILES string of the molecule is CC(C)(C)[S@@+]([O-])N[C@@H]1c2ccccc2CC12CCN(c1ncc(Cl)nc1C#N)CC2. The topological polar surface area (TPSA) is 87.9 Å². The molecule has 4 rings (SSSR count). The number of nitrogens with zero attached hydrogens (tertiary/aromatic N) is 4. The van der Waals surface area contributed by atoms with Crippen molar-refractivity contribution < 1.29 is 4.55 Å². The lowest BCUT2D eigenvalue weighted by atomic mass is 9.73. The van der Waals surface area contributed by atoms with Crippen LogP contribution in [0, 0.1) is 16.7 Å². The van der Waals surface area contributed by atoms with Crippen molar-refractivity contribution in [3.8, 4) is 6.07 Å². The van der Waals surface area contributed by atoms with Gasteiger partial charge >= 0.3 is 0 Å². The Bertz CT molecular complexity index is 978. The number of piperidine rings is 1. The van der Waals surface area contributed by atoms with Gasteiger partial charge in [0.2, 0.25) is 0 Å². The first-order chi connectivity index (χ1) is 14.2. The maximum Gasteiger partial charge on any atom is 0.184 e. The van der Waals surface area contributed by atoms with Crippen molar-refractivity contribution >= 4 is 28.8 Å². The molecule has 1 spiro atoms. The molecule has 158 valence electrons. The number of anilines is 1. The molecule has 0 unspecified atom stereocenters. The summed E-state index contributed by atoms with van der Waals surface area (Å²) in [6.45, 7) is 7.51. The molecule has 1 aromatic carbocycles. The average molecular weight is 444 g/mol. The smallest absolute Gasteiger partial charge is 0.184 e. The first-order valence-electron chi connectivity index (χ1n) is 10.2. The third-order valence-electron chi connectivity index (χ3n) is 6.19. The zero-order valence-electron chi connectivity index (χ0n) is 17.5. The van der Waals surface area contributed by atoms with E-state index < -0.39 is 11.4 Å². The van der Waals surface area contributed by atoms with Crippen LogP contribution >= 0.6 is 11.6 Å². The standard InChI is InChI=1S/C22H26ClN5OS/c1-21(2,3)30(29)27-19-16-7-5-4-6-15(16)12-22(19)8-10-28(11-9-22)20-17(13-24)26-18(23)14-25-20/h4-7,14,19,27H,8-12H2,1-3H3/t19-,30-/m1/s1. The highest BCUT2D eigenvalue weighted by molar-refractivity contribution is 7.90. The summed E-state index contributed by atoms with van der Waals surface area (Å²) in [5, 5.41) is 9.66. The highest BCUT2D eigenvalue weighted by Gasteiger charge is 2.50. The summed E-state index contributed by atoms with van der Waals surface area (Å²) in [5.41, 5.74) is 2.84. The van der Waals surface area contributed by atoms with Crippen LogP contribution in [0.5, 0.6) is 0 Å². The second-order valence-corrected chi connectivity index (χ2v) is 11.5. The maximum atomic E-state index is 13.0. The van der Waals surface area contributed by atoms with Crippen molar-refractivity contribution in [1.82, 2.24) is 14.7 Å². The van der Waals surface area contributed by atoms with E-state index in [1.807, 2.05) is 20.8 Å². The van der Waals surface area contributed by atoms with Crippen LogP contribution < -0.4 is 9.62 Å². The van der Waals surface area contributed by atoms with Gasteiger partial charge in [-0.1, -0.05) is 35.9 Å². The molecule has 1 aliphatic heterocycles. The van der Waals surface area contributed by atoms with Gasteiger partial charge in [-0.2, -0.15) is 5.26 Å². The molecule has 8 heteroatoms. The number of fused-ring (bicyclic) bond motifs is 1. The van der Waals surface area contributed by atoms with Crippen LogP contribution in [0.2, 0.25) is 5.15 Å². The Morgan fingerprint density at radius 3 is 2.67 bits per heavy atom. The molecule has 2 aliphatic rings. The van der Waals surface area contributed by atoms with Crippen LogP contribution in [0.15, 0.2) is 30.5 Å². The Hall–Kier alpha value is -1.85. The molecular weight excluding hydrogens is 418 g/mol. The van der Waals surface area contributed by atoms with Gasteiger partial charge in [0, 0.05) is 29.9 Å². The number of hydrogen-bond acceptors (Lipinski definition) is 6. The summed E-state index contributed by atoms with van der Waals surface area (Å²) < 4.78 is 16.1. The van der Waals surface area contributed by atoms with E-state index in [0.29, 0.717) is 5.82 Å². The summed E-state index contributed by atoms with van der Waals surface area (Å²) >= 11 is 4.75. The normalized spacial score (nSPS) is 21.3. The average Bonchev–Trinajstić information content (AvgIpc) is 3.01. The lowest BCUT2D eigenvalue weighted by Gasteiger charge is -2.44. The fraction of sp³-hybridized carbons (Fsp3) is 0.500. The Balaban J connectivity index is 1.59. The van der Waals surface area contributed by atoms with Gasteiger partial charge in [-0.3, -0.25) is 0 Å². The fourth-order valence-electron chi connectivity index (χ4n) is 4.56. The largest absolute Gasteiger partial charge is 0.598 e. The molecule has 2 aromatic rings. The number of nitriles is 1. The third-order valence-corrected chi connectivity index (χ3v) is 7.93. The Morgan fingerprint density at radius 1 is 1.30 bits per heavy atom. The molecule has 0 radical (unpaired) electrons. The van der Waals surface area contributed by atoms with E-state index in [1.165, 1.54) is 17.3 Å². The predicted octanol–water partition coefficient (Wildman–Crippen LogP) is 3.94. The van der Waals surface area contributed by atoms with E-state index in [2.05, 4.69) is 49.9 Å². The number of halogens is 1. The molecule has 1 aliphatic carbocycles. The van der Waals surface area contributed by atoms with Crippen molar-refractivity contribution in [3.05, 3.63) is 52.4 Å². The van der Waals surface area contributed by atoms with Crippen molar-refractivity contribution in [2.75, 3.05) is 18.0 Å². The highest BCUT2D eigenvalue weighted by Crippen LogP contribution is 2.52. The first kappa shape index (κ1) is 21.4. The van der Waals surface area contributed by atoms with Crippen LogP contribution in [0.4, 0.5) is 5.82 Å². The first-order valence-corrected chi connectivity index (χ1v) is 11.7. The number of rotatable bonds is 3. The number of benzene rings is 1. The van der Waals surface area contributed by atoms with Gasteiger partial charge in [0.25, 0.3) is 0 Å². The van der Waals surface area contributed by atoms with Crippen molar-refractivity contribution in [3.63, 3.8) is 0 Å². The molecule has 0 saturated carbocycles. The minimum Gasteiger partial charge on any atom is -0.598 e. The quantitative estimate of drug-likeness (QED) is 0.723. The van der Waals surface area contributed by atoms with E-state index >= 15 is 0 Å². The van der Waals surface area contributed by atoms with E-state index in [4.69, 9.17) is 11.6 Å². The van der Waals surface area contributed by atoms with E-state index in [-0.39, 0.29) is 27.1 Å². The highest BCUT2D eigenvalue weighted by atomic mass is 35.5. The minimum absolute atomic E-state index is 0.00619. The summed E-state index contributed by atoms with van der Waals surface area (Å²) in [4.78, 5) is 10.6. The van der Waals surface area contributed by atoms with Gasteiger partial charge < -0.3 is 9.45 Å². The predicted molar refractivity (Wildman–Crippen MR) is 120 cm³/mol. The Labute approximate surface area is 186 Å². The molecule has 30 heavy (non-hydrogen) atoms. The summed E-state index contributed by atoms with van der Waals surface area (Å²) in [5.74, 6) is 0.593. The van der Waals surface area contributed by atoms with E-state index in [9.17, 15) is 9.81 Å². The molecule has 2 atom stereocenters. The molecule has 0 bridgehead atoms. The molecule has 1 N–H and O–H groups in total. The number of nitrogens with one attached hydrogen (secondary N) is 1. The van der Waals surface area contributed by atoms with E-state index in [1.54, 1.807) is 0 Å².